The zero-order valence-corrected chi connectivity index (χ0v) is 10.3. The highest BCUT2D eigenvalue weighted by Crippen LogP contribution is 2.24. The van der Waals surface area contributed by atoms with Crippen molar-refractivity contribution in [1.29, 1.82) is 0 Å². The van der Waals surface area contributed by atoms with E-state index in [0.29, 0.717) is 18.4 Å². The molecule has 5 heteroatoms. The summed E-state index contributed by atoms with van der Waals surface area (Å²) in [4.78, 5) is 18.7. The van der Waals surface area contributed by atoms with Crippen LogP contribution in [-0.4, -0.2) is 22.6 Å². The molecular weight excluding hydrogens is 218 g/mol. The second-order valence-corrected chi connectivity index (χ2v) is 4.66. The van der Waals surface area contributed by atoms with Crippen molar-refractivity contribution in [2.75, 3.05) is 6.61 Å². The first-order chi connectivity index (χ1) is 8.15. The Bertz CT molecular complexity index is 422. The first kappa shape index (κ1) is 12.3. The van der Waals surface area contributed by atoms with Gasteiger partial charge in [-0.2, -0.15) is 0 Å². The highest BCUT2D eigenvalue weighted by molar-refractivity contribution is 5.05. The van der Waals surface area contributed by atoms with Crippen LogP contribution in [-0.2, 0) is 11.3 Å². The van der Waals surface area contributed by atoms with E-state index >= 15 is 0 Å². The van der Waals surface area contributed by atoms with E-state index in [1.165, 1.54) is 6.07 Å². The van der Waals surface area contributed by atoms with E-state index in [9.17, 15) is 4.79 Å². The Kier molecular flexibility index (Phi) is 3.91. The molecule has 5 nitrogen and oxygen atoms in total. The van der Waals surface area contributed by atoms with Gasteiger partial charge in [-0.05, 0) is 12.8 Å². The van der Waals surface area contributed by atoms with E-state index in [4.69, 9.17) is 4.74 Å². The van der Waals surface area contributed by atoms with Crippen LogP contribution in [0.5, 0.6) is 0 Å². The summed E-state index contributed by atoms with van der Waals surface area (Å²) >= 11 is 0. The summed E-state index contributed by atoms with van der Waals surface area (Å²) in [5, 5.41) is 3.25. The smallest absolute Gasteiger partial charge is 0.251 e. The normalized spacial score (nSPS) is 20.1. The molecule has 94 valence electrons. The summed E-state index contributed by atoms with van der Waals surface area (Å²) in [6.07, 6.45) is 1.93. The van der Waals surface area contributed by atoms with E-state index in [1.807, 2.05) is 0 Å². The fraction of sp³-hybridized carbons (Fsp3) is 0.667. The van der Waals surface area contributed by atoms with Gasteiger partial charge in [-0.25, -0.2) is 4.98 Å². The van der Waals surface area contributed by atoms with Crippen molar-refractivity contribution >= 4 is 0 Å². The summed E-state index contributed by atoms with van der Waals surface area (Å²) in [6.45, 7) is 5.49. The van der Waals surface area contributed by atoms with Crippen LogP contribution in [0.25, 0.3) is 0 Å². The summed E-state index contributed by atoms with van der Waals surface area (Å²) < 4.78 is 5.52. The van der Waals surface area contributed by atoms with Gasteiger partial charge in [-0.15, -0.1) is 0 Å². The molecule has 0 radical (unpaired) electrons. The number of ether oxygens (including phenoxy) is 1. The molecule has 0 spiro atoms. The van der Waals surface area contributed by atoms with Crippen LogP contribution < -0.4 is 10.9 Å². The number of aromatic amines is 1. The molecule has 1 aromatic heterocycles. The molecule has 1 atom stereocenters. The Morgan fingerprint density at radius 1 is 1.65 bits per heavy atom. The number of hydrogen-bond acceptors (Lipinski definition) is 4. The van der Waals surface area contributed by atoms with Gasteiger partial charge in [0, 0.05) is 25.3 Å². The molecule has 1 unspecified atom stereocenters. The lowest BCUT2D eigenvalue weighted by Crippen LogP contribution is -2.25. The van der Waals surface area contributed by atoms with Gasteiger partial charge in [0.2, 0.25) is 0 Å². The van der Waals surface area contributed by atoms with Gasteiger partial charge >= 0.3 is 0 Å². The molecule has 2 heterocycles. The third-order valence-electron chi connectivity index (χ3n) is 2.74. The van der Waals surface area contributed by atoms with Gasteiger partial charge in [0.1, 0.15) is 11.9 Å². The van der Waals surface area contributed by atoms with Crippen molar-refractivity contribution in [1.82, 2.24) is 15.3 Å². The molecule has 2 N–H and O–H groups in total. The lowest BCUT2D eigenvalue weighted by molar-refractivity contribution is 0.104. The second kappa shape index (κ2) is 5.42. The summed E-state index contributed by atoms with van der Waals surface area (Å²) in [5.74, 6) is 0.663. The highest BCUT2D eigenvalue weighted by Gasteiger charge is 2.20. The fourth-order valence-electron chi connectivity index (χ4n) is 1.87. The fourth-order valence-corrected chi connectivity index (χ4v) is 1.87. The Labute approximate surface area is 101 Å². The van der Waals surface area contributed by atoms with Crippen LogP contribution in [0.2, 0.25) is 0 Å². The first-order valence-electron chi connectivity index (χ1n) is 6.10. The largest absolute Gasteiger partial charge is 0.370 e. The van der Waals surface area contributed by atoms with Gasteiger partial charge in [0.05, 0.1) is 5.69 Å². The average molecular weight is 237 g/mol. The van der Waals surface area contributed by atoms with Crippen molar-refractivity contribution in [3.05, 3.63) is 27.9 Å². The number of rotatable bonds is 4. The van der Waals surface area contributed by atoms with Crippen LogP contribution in [0.3, 0.4) is 0 Å². The van der Waals surface area contributed by atoms with Crippen molar-refractivity contribution < 1.29 is 4.74 Å². The van der Waals surface area contributed by atoms with Crippen molar-refractivity contribution in [3.8, 4) is 0 Å². The standard InChI is InChI=1S/C12H19N3O2/c1-8(2)13-7-9-6-11(16)15-12(14-9)10-4-3-5-17-10/h6,8,10,13H,3-5,7H2,1-2H3,(H,14,15,16). The van der Waals surface area contributed by atoms with Crippen molar-refractivity contribution in [2.45, 2.75) is 45.4 Å². The third-order valence-corrected chi connectivity index (χ3v) is 2.74. The maximum atomic E-state index is 11.5. The molecule has 1 aliphatic rings. The second-order valence-electron chi connectivity index (χ2n) is 4.66. The molecule has 0 aromatic carbocycles. The van der Waals surface area contributed by atoms with Gasteiger partial charge in [0.15, 0.2) is 0 Å². The Morgan fingerprint density at radius 3 is 3.12 bits per heavy atom. The molecule has 2 rings (SSSR count). The maximum Gasteiger partial charge on any atom is 0.251 e. The Morgan fingerprint density at radius 2 is 2.47 bits per heavy atom. The average Bonchev–Trinajstić information content (AvgIpc) is 2.79. The van der Waals surface area contributed by atoms with E-state index < -0.39 is 0 Å². The molecule has 0 saturated carbocycles. The zero-order chi connectivity index (χ0) is 12.3. The summed E-state index contributed by atoms with van der Waals surface area (Å²) in [6, 6.07) is 1.91. The maximum absolute atomic E-state index is 11.5. The molecule has 1 aromatic rings. The minimum atomic E-state index is -0.106. The number of hydrogen-bond donors (Lipinski definition) is 2. The van der Waals surface area contributed by atoms with Crippen molar-refractivity contribution in [2.24, 2.45) is 0 Å². The van der Waals surface area contributed by atoms with E-state index in [1.54, 1.807) is 0 Å². The molecule has 1 fully saturated rings. The van der Waals surface area contributed by atoms with Crippen LogP contribution in [0.4, 0.5) is 0 Å². The lowest BCUT2D eigenvalue weighted by atomic mass is 10.2. The van der Waals surface area contributed by atoms with Crippen LogP contribution in [0, 0.1) is 0 Å². The lowest BCUT2D eigenvalue weighted by Gasteiger charge is -2.11. The van der Waals surface area contributed by atoms with Gasteiger partial charge in [-0.3, -0.25) is 4.79 Å². The predicted molar refractivity (Wildman–Crippen MR) is 64.8 cm³/mol. The van der Waals surface area contributed by atoms with Gasteiger partial charge in [0.25, 0.3) is 5.56 Å². The summed E-state index contributed by atoms with van der Waals surface area (Å²) in [5.41, 5.74) is 0.666. The first-order valence-corrected chi connectivity index (χ1v) is 6.10. The monoisotopic (exact) mass is 237 g/mol. The number of aromatic nitrogens is 2. The Hall–Kier alpha value is -1.20. The third kappa shape index (κ3) is 3.38. The van der Waals surface area contributed by atoms with Gasteiger partial charge < -0.3 is 15.0 Å². The predicted octanol–water partition coefficient (Wildman–Crippen LogP) is 1.12. The molecule has 1 aliphatic heterocycles. The van der Waals surface area contributed by atoms with E-state index in [-0.39, 0.29) is 11.7 Å². The van der Waals surface area contributed by atoms with Crippen molar-refractivity contribution in [3.63, 3.8) is 0 Å². The molecule has 0 amide bonds. The molecule has 17 heavy (non-hydrogen) atoms. The van der Waals surface area contributed by atoms with E-state index in [0.717, 1.165) is 25.1 Å². The molecule has 0 bridgehead atoms. The van der Waals surface area contributed by atoms with Crippen LogP contribution >= 0.6 is 0 Å². The summed E-state index contributed by atoms with van der Waals surface area (Å²) in [7, 11) is 0. The minimum Gasteiger partial charge on any atom is -0.370 e. The molecular formula is C12H19N3O2. The molecule has 1 saturated heterocycles. The zero-order valence-electron chi connectivity index (χ0n) is 10.3. The number of H-pyrrole nitrogens is 1. The number of nitrogens with one attached hydrogen (secondary N) is 2. The van der Waals surface area contributed by atoms with E-state index in [2.05, 4.69) is 29.1 Å². The van der Waals surface area contributed by atoms with Gasteiger partial charge in [-0.1, -0.05) is 13.8 Å². The quantitative estimate of drug-likeness (QED) is 0.823. The van der Waals surface area contributed by atoms with Crippen LogP contribution in [0.1, 0.15) is 44.3 Å². The molecule has 0 aliphatic carbocycles. The number of nitrogens with zero attached hydrogens (tertiary/aromatic N) is 1. The Balaban J connectivity index is 2.14. The topological polar surface area (TPSA) is 67.0 Å². The van der Waals surface area contributed by atoms with Crippen LogP contribution in [0.15, 0.2) is 10.9 Å². The highest BCUT2D eigenvalue weighted by atomic mass is 16.5. The SMILES string of the molecule is CC(C)NCc1cc(=O)[nH]c(C2CCCO2)n1. The minimum absolute atomic E-state index is 0.0401.